The molecule has 0 aromatic heterocycles. The van der Waals surface area contributed by atoms with E-state index in [0.717, 1.165) is 0 Å². The summed E-state index contributed by atoms with van der Waals surface area (Å²) in [4.78, 5) is 0. The molecule has 0 aromatic rings. The van der Waals surface area contributed by atoms with E-state index in [2.05, 4.69) is 26.1 Å². The average molecular weight is 390 g/mol. The molecule has 0 aliphatic heterocycles. The summed E-state index contributed by atoms with van der Waals surface area (Å²) in [5.74, 6) is 0.308. The van der Waals surface area contributed by atoms with Crippen LogP contribution in [0.5, 0.6) is 0 Å². The molecule has 0 spiro atoms. The predicted molar refractivity (Wildman–Crippen MR) is 118 cm³/mol. The molecule has 1 atom stereocenters. The number of aliphatic hydroxyl groups is 1. The molecule has 158 valence electrons. The van der Waals surface area contributed by atoms with Crippen LogP contribution in [0.4, 0.5) is 0 Å². The van der Waals surface area contributed by atoms with Crippen molar-refractivity contribution >= 4 is 11.6 Å². The number of alkyl halides is 1. The monoisotopic (exact) mass is 389 g/mol. The van der Waals surface area contributed by atoms with Crippen LogP contribution < -0.4 is 5.32 Å². The highest BCUT2D eigenvalue weighted by molar-refractivity contribution is 6.18. The van der Waals surface area contributed by atoms with Crippen molar-refractivity contribution in [3.8, 4) is 0 Å². The van der Waals surface area contributed by atoms with Crippen molar-refractivity contribution in [3.63, 3.8) is 0 Å². The molecule has 0 aliphatic rings. The number of halogens is 1. The highest BCUT2D eigenvalue weighted by Gasteiger charge is 2.17. The number of unbranched alkanes of at least 4 members (excludes halogenated alkanes) is 14. The first-order chi connectivity index (χ1) is 12.5. The van der Waals surface area contributed by atoms with Gasteiger partial charge in [0.25, 0.3) is 0 Å². The van der Waals surface area contributed by atoms with E-state index in [1.54, 1.807) is 0 Å². The minimum atomic E-state index is -0.433. The van der Waals surface area contributed by atoms with Gasteiger partial charge in [0.2, 0.25) is 0 Å². The van der Waals surface area contributed by atoms with Crippen LogP contribution >= 0.6 is 11.6 Å². The van der Waals surface area contributed by atoms with Crippen molar-refractivity contribution in [2.75, 3.05) is 12.4 Å². The molecule has 1 unspecified atom stereocenters. The van der Waals surface area contributed by atoms with Crippen LogP contribution in [0.1, 0.15) is 124 Å². The number of rotatable bonds is 20. The molecule has 2 nitrogen and oxygen atoms in total. The Hall–Kier alpha value is 0.210. The molecule has 0 heterocycles. The molecule has 0 amide bonds. The Morgan fingerprint density at radius 1 is 0.731 bits per heavy atom. The van der Waals surface area contributed by atoms with Crippen molar-refractivity contribution in [1.82, 2.24) is 5.32 Å². The van der Waals surface area contributed by atoms with Gasteiger partial charge in [-0.05, 0) is 20.3 Å². The highest BCUT2D eigenvalue weighted by Crippen LogP contribution is 2.17. The molecular weight excluding hydrogens is 342 g/mol. The fraction of sp³-hybridized carbons (Fsp3) is 1.00. The first-order valence-corrected chi connectivity index (χ1v) is 12.0. The van der Waals surface area contributed by atoms with Gasteiger partial charge in [-0.1, -0.05) is 103 Å². The molecule has 2 N–H and O–H groups in total. The summed E-state index contributed by atoms with van der Waals surface area (Å²) in [7, 11) is 0. The van der Waals surface area contributed by atoms with Crippen molar-refractivity contribution in [1.29, 1.82) is 0 Å². The lowest BCUT2D eigenvalue weighted by atomic mass is 9.95. The van der Waals surface area contributed by atoms with E-state index in [4.69, 9.17) is 11.6 Å². The van der Waals surface area contributed by atoms with Crippen molar-refractivity contribution < 1.29 is 5.11 Å². The zero-order valence-corrected chi connectivity index (χ0v) is 18.9. The lowest BCUT2D eigenvalue weighted by Crippen LogP contribution is -2.43. The summed E-state index contributed by atoms with van der Waals surface area (Å²) < 4.78 is 0. The van der Waals surface area contributed by atoms with Crippen LogP contribution in [0.25, 0.3) is 0 Å². The van der Waals surface area contributed by atoms with Gasteiger partial charge in [0.05, 0.1) is 6.10 Å². The van der Waals surface area contributed by atoms with Gasteiger partial charge in [0.1, 0.15) is 0 Å². The Bertz CT molecular complexity index is 283. The smallest absolute Gasteiger partial charge is 0.0799 e. The fourth-order valence-corrected chi connectivity index (χ4v) is 3.58. The number of β-amino-alcohol motifs (C(OH)–C–C–N with tert-alkyl or cyclic N) is 1. The van der Waals surface area contributed by atoms with Gasteiger partial charge < -0.3 is 10.4 Å². The number of hydrogen-bond donors (Lipinski definition) is 2. The Morgan fingerprint density at radius 2 is 1.12 bits per heavy atom. The van der Waals surface area contributed by atoms with E-state index in [-0.39, 0.29) is 5.54 Å². The van der Waals surface area contributed by atoms with Crippen molar-refractivity contribution in [3.05, 3.63) is 0 Å². The number of nitrogens with one attached hydrogen (secondary N) is 1. The third kappa shape index (κ3) is 19.0. The van der Waals surface area contributed by atoms with Gasteiger partial charge in [0.15, 0.2) is 0 Å². The summed E-state index contributed by atoms with van der Waals surface area (Å²) in [5.41, 5.74) is 0.101. The molecule has 0 radical (unpaired) electrons. The molecule has 0 rings (SSSR count). The molecule has 0 saturated carbocycles. The summed E-state index contributed by atoms with van der Waals surface area (Å²) in [6.45, 7) is 7.32. The minimum Gasteiger partial charge on any atom is -0.391 e. The number of aliphatic hydroxyl groups excluding tert-OH is 1. The van der Waals surface area contributed by atoms with Gasteiger partial charge >= 0.3 is 0 Å². The first-order valence-electron chi connectivity index (χ1n) is 11.5. The molecule has 26 heavy (non-hydrogen) atoms. The van der Waals surface area contributed by atoms with Gasteiger partial charge in [-0.2, -0.15) is 0 Å². The molecule has 0 aromatic carbocycles. The van der Waals surface area contributed by atoms with E-state index in [0.29, 0.717) is 12.4 Å². The van der Waals surface area contributed by atoms with Gasteiger partial charge in [-0.3, -0.25) is 0 Å². The zero-order chi connectivity index (χ0) is 19.5. The largest absolute Gasteiger partial charge is 0.391 e. The van der Waals surface area contributed by atoms with E-state index in [9.17, 15) is 5.11 Å². The van der Waals surface area contributed by atoms with Crippen LogP contribution in [-0.4, -0.2) is 29.2 Å². The molecule has 0 aliphatic carbocycles. The van der Waals surface area contributed by atoms with Gasteiger partial charge in [-0.25, -0.2) is 0 Å². The topological polar surface area (TPSA) is 32.3 Å². The average Bonchev–Trinajstić information content (AvgIpc) is 2.63. The molecule has 0 fully saturated rings. The highest BCUT2D eigenvalue weighted by atomic mass is 35.5. The fourth-order valence-electron chi connectivity index (χ4n) is 3.48. The Balaban J connectivity index is 3.26. The van der Waals surface area contributed by atoms with E-state index < -0.39 is 6.10 Å². The second kappa shape index (κ2) is 18.6. The van der Waals surface area contributed by atoms with E-state index in [1.165, 1.54) is 103 Å². The third-order valence-electron chi connectivity index (χ3n) is 5.40. The summed E-state index contributed by atoms with van der Waals surface area (Å²) in [6.07, 6.45) is 21.9. The quantitative estimate of drug-likeness (QED) is 0.170. The molecule has 3 heteroatoms. The van der Waals surface area contributed by atoms with E-state index in [1.807, 2.05) is 0 Å². The maximum Gasteiger partial charge on any atom is 0.0799 e. The van der Waals surface area contributed by atoms with Crippen LogP contribution in [0.3, 0.4) is 0 Å². The van der Waals surface area contributed by atoms with Crippen LogP contribution in [0.15, 0.2) is 0 Å². The Labute approximate surface area is 169 Å². The second-order valence-electron chi connectivity index (χ2n) is 8.77. The first kappa shape index (κ1) is 26.2. The maximum absolute atomic E-state index is 9.53. The van der Waals surface area contributed by atoms with Crippen LogP contribution in [0.2, 0.25) is 0 Å². The predicted octanol–water partition coefficient (Wildman–Crippen LogP) is 7.22. The standard InChI is InChI=1S/C23H48ClNO/c1-4-5-6-7-8-9-10-11-12-13-14-15-16-17-18-19-23(2,3)25-21-22(26)20-24/h22,25-26H,4-21H2,1-3H3. The Morgan fingerprint density at radius 3 is 1.50 bits per heavy atom. The summed E-state index contributed by atoms with van der Waals surface area (Å²) in [5, 5.41) is 13.0. The number of hydrogen-bond acceptors (Lipinski definition) is 2. The molecular formula is C23H48ClNO. The van der Waals surface area contributed by atoms with Gasteiger partial charge in [-0.15, -0.1) is 11.6 Å². The summed E-state index contributed by atoms with van der Waals surface area (Å²) >= 11 is 5.64. The third-order valence-corrected chi connectivity index (χ3v) is 5.76. The maximum atomic E-state index is 9.53. The van der Waals surface area contributed by atoms with Crippen LogP contribution in [-0.2, 0) is 0 Å². The van der Waals surface area contributed by atoms with Gasteiger partial charge in [0, 0.05) is 18.0 Å². The van der Waals surface area contributed by atoms with Crippen LogP contribution in [0, 0.1) is 0 Å². The normalized spacial score (nSPS) is 13.3. The zero-order valence-electron chi connectivity index (χ0n) is 18.1. The van der Waals surface area contributed by atoms with E-state index >= 15 is 0 Å². The molecule has 0 bridgehead atoms. The SMILES string of the molecule is CCCCCCCCCCCCCCCCCC(C)(C)NCC(O)CCl. The molecule has 0 saturated heterocycles. The lowest BCUT2D eigenvalue weighted by molar-refractivity contribution is 0.176. The van der Waals surface area contributed by atoms with Crippen molar-refractivity contribution in [2.45, 2.75) is 135 Å². The second-order valence-corrected chi connectivity index (χ2v) is 9.08. The van der Waals surface area contributed by atoms with Crippen molar-refractivity contribution in [2.24, 2.45) is 0 Å². The minimum absolute atomic E-state index is 0.101. The lowest BCUT2D eigenvalue weighted by Gasteiger charge is -2.27. The summed E-state index contributed by atoms with van der Waals surface area (Å²) in [6, 6.07) is 0. The Kier molecular flexibility index (Phi) is 18.7.